The average molecular weight is 267 g/mol. The largest absolute Gasteiger partial charge is 1.00 e. The maximum absolute atomic E-state index is 13.3. The van der Waals surface area contributed by atoms with E-state index in [1.807, 2.05) is 0 Å². The normalized spacial score (nSPS) is 9.12. The van der Waals surface area contributed by atoms with Gasteiger partial charge in [-0.05, 0) is 17.7 Å². The summed E-state index contributed by atoms with van der Waals surface area (Å²) in [6.07, 6.45) is 1.37. The van der Waals surface area contributed by atoms with E-state index in [-0.39, 0.29) is 63.5 Å². The SMILES string of the molecule is CC(=O)Oc1c(F)cc(CN[C-]=O)cc1F.[K+]. The van der Waals surface area contributed by atoms with Gasteiger partial charge in [0, 0.05) is 13.5 Å². The van der Waals surface area contributed by atoms with E-state index in [9.17, 15) is 18.4 Å². The van der Waals surface area contributed by atoms with Crippen LogP contribution in [-0.2, 0) is 16.1 Å². The fraction of sp³-hybridized carbons (Fsp3) is 0.200. The molecule has 0 aliphatic heterocycles. The number of hydrogen-bond acceptors (Lipinski definition) is 3. The van der Waals surface area contributed by atoms with E-state index in [2.05, 4.69) is 10.1 Å². The van der Waals surface area contributed by atoms with Crippen LogP contribution in [0.2, 0.25) is 0 Å². The Labute approximate surface area is 139 Å². The number of hydrogen-bond donors (Lipinski definition) is 1. The number of carbonyl (C=O) groups excluding carboxylic acids is 2. The molecule has 1 amide bonds. The molecule has 0 saturated carbocycles. The van der Waals surface area contributed by atoms with Crippen LogP contribution in [0.1, 0.15) is 12.5 Å². The zero-order valence-corrected chi connectivity index (χ0v) is 12.5. The summed E-state index contributed by atoms with van der Waals surface area (Å²) in [5.74, 6) is -3.56. The van der Waals surface area contributed by atoms with Crippen LogP contribution in [0, 0.1) is 11.6 Å². The summed E-state index contributed by atoms with van der Waals surface area (Å²) < 4.78 is 30.9. The van der Waals surface area contributed by atoms with Crippen molar-refractivity contribution < 1.29 is 74.5 Å². The fourth-order valence-electron chi connectivity index (χ4n) is 1.09. The van der Waals surface area contributed by atoms with Crippen molar-refractivity contribution in [2.45, 2.75) is 13.5 Å². The van der Waals surface area contributed by atoms with Crippen molar-refractivity contribution in [3.05, 3.63) is 29.3 Å². The van der Waals surface area contributed by atoms with Gasteiger partial charge < -0.3 is 14.8 Å². The first kappa shape index (κ1) is 16.7. The monoisotopic (exact) mass is 267 g/mol. The quantitative estimate of drug-likeness (QED) is 0.227. The number of halogens is 2. The Bertz CT molecular complexity index is 403. The maximum atomic E-state index is 13.3. The number of esters is 1. The van der Waals surface area contributed by atoms with Gasteiger partial charge in [-0.3, -0.25) is 4.79 Å². The van der Waals surface area contributed by atoms with Gasteiger partial charge in [0.15, 0.2) is 11.6 Å². The van der Waals surface area contributed by atoms with E-state index < -0.39 is 23.4 Å². The summed E-state index contributed by atoms with van der Waals surface area (Å²) in [6, 6.07) is 1.93. The molecule has 4 nitrogen and oxygen atoms in total. The standard InChI is InChI=1S/C10H8F2NO3.K/c1-6(15)16-10-8(11)2-7(3-9(10)12)4-13-5-14;/h2-3H,4H2,1H3,(H,13,14);/q-1;+1. The Balaban J connectivity index is 0.00000256. The minimum Gasteiger partial charge on any atom is -0.526 e. The Morgan fingerprint density at radius 1 is 1.41 bits per heavy atom. The Hall–Kier alpha value is -0.344. The summed E-state index contributed by atoms with van der Waals surface area (Å²) in [6.45, 7) is 0.980. The maximum Gasteiger partial charge on any atom is 1.00 e. The van der Waals surface area contributed by atoms with Crippen molar-refractivity contribution in [3.63, 3.8) is 0 Å². The van der Waals surface area contributed by atoms with Gasteiger partial charge in [0.25, 0.3) is 0 Å². The number of carbonyl (C=O) groups is 1. The number of amides is 1. The molecule has 1 aromatic carbocycles. The average Bonchev–Trinajstić information content (AvgIpc) is 2.20. The second-order valence-corrected chi connectivity index (χ2v) is 2.94. The van der Waals surface area contributed by atoms with Crippen molar-refractivity contribution in [2.75, 3.05) is 0 Å². The molecule has 0 atom stereocenters. The van der Waals surface area contributed by atoms with E-state index in [1.54, 1.807) is 0 Å². The molecule has 0 fully saturated rings. The molecule has 1 aromatic rings. The molecule has 0 spiro atoms. The summed E-state index contributed by atoms with van der Waals surface area (Å²) in [4.78, 5) is 20.4. The predicted octanol–water partition coefficient (Wildman–Crippen LogP) is -1.95. The Kier molecular flexibility index (Phi) is 7.72. The predicted molar refractivity (Wildman–Crippen MR) is 50.2 cm³/mol. The van der Waals surface area contributed by atoms with Crippen LogP contribution in [0.3, 0.4) is 0 Å². The first-order valence-electron chi connectivity index (χ1n) is 4.31. The van der Waals surface area contributed by atoms with Gasteiger partial charge >= 0.3 is 57.4 Å². The van der Waals surface area contributed by atoms with Crippen LogP contribution in [0.15, 0.2) is 12.1 Å². The topological polar surface area (TPSA) is 55.4 Å². The van der Waals surface area contributed by atoms with Crippen LogP contribution in [-0.4, -0.2) is 12.4 Å². The summed E-state index contributed by atoms with van der Waals surface area (Å²) >= 11 is 0. The van der Waals surface area contributed by atoms with Gasteiger partial charge in [-0.2, -0.15) is 6.41 Å². The van der Waals surface area contributed by atoms with Crippen molar-refractivity contribution in [1.82, 2.24) is 5.32 Å². The van der Waals surface area contributed by atoms with Gasteiger partial charge in [0.05, 0.1) is 0 Å². The number of rotatable bonds is 4. The van der Waals surface area contributed by atoms with E-state index in [0.717, 1.165) is 19.1 Å². The number of ether oxygens (including phenoxy) is 1. The third-order valence-corrected chi connectivity index (χ3v) is 1.67. The van der Waals surface area contributed by atoms with E-state index in [0.29, 0.717) is 0 Å². The molecule has 0 bridgehead atoms. The Morgan fingerprint density at radius 3 is 2.35 bits per heavy atom. The smallest absolute Gasteiger partial charge is 0.526 e. The molecule has 0 aromatic heterocycles. The minimum absolute atomic E-state index is 0. The molecule has 7 heteroatoms. The molecule has 0 aliphatic carbocycles. The van der Waals surface area contributed by atoms with Crippen molar-refractivity contribution >= 4 is 12.4 Å². The van der Waals surface area contributed by atoms with Crippen molar-refractivity contribution in [2.24, 2.45) is 0 Å². The third kappa shape index (κ3) is 5.22. The summed E-state index contributed by atoms with van der Waals surface area (Å²) in [5, 5.41) is 2.13. The molecule has 86 valence electrons. The second kappa shape index (κ2) is 7.88. The molecule has 0 unspecified atom stereocenters. The summed E-state index contributed by atoms with van der Waals surface area (Å²) in [7, 11) is 0. The molecule has 17 heavy (non-hydrogen) atoms. The third-order valence-electron chi connectivity index (χ3n) is 1.67. The van der Waals surface area contributed by atoms with E-state index in [4.69, 9.17) is 0 Å². The van der Waals surface area contributed by atoms with Crippen LogP contribution >= 0.6 is 0 Å². The van der Waals surface area contributed by atoms with Crippen molar-refractivity contribution in [3.8, 4) is 5.75 Å². The van der Waals surface area contributed by atoms with E-state index >= 15 is 0 Å². The minimum atomic E-state index is -1.00. The number of benzene rings is 1. The van der Waals surface area contributed by atoms with Gasteiger partial charge in [0.2, 0.25) is 5.75 Å². The van der Waals surface area contributed by atoms with Crippen molar-refractivity contribution in [1.29, 1.82) is 0 Å². The summed E-state index contributed by atoms with van der Waals surface area (Å²) in [5.41, 5.74) is 0.203. The molecule has 1 N–H and O–H groups in total. The molecule has 0 radical (unpaired) electrons. The molecule has 0 heterocycles. The zero-order valence-electron chi connectivity index (χ0n) is 9.34. The second-order valence-electron chi connectivity index (χ2n) is 2.94. The first-order valence-corrected chi connectivity index (χ1v) is 4.31. The number of nitrogens with one attached hydrogen (secondary N) is 1. The van der Waals surface area contributed by atoms with Crippen LogP contribution in [0.5, 0.6) is 5.75 Å². The molecule has 1 rings (SSSR count). The van der Waals surface area contributed by atoms with Crippen LogP contribution in [0.25, 0.3) is 0 Å². The van der Waals surface area contributed by atoms with Gasteiger partial charge in [0.1, 0.15) is 0 Å². The van der Waals surface area contributed by atoms with Gasteiger partial charge in [-0.1, -0.05) is 0 Å². The molecule has 0 aliphatic rings. The first-order chi connectivity index (χ1) is 7.54. The molecule has 0 saturated heterocycles. The fourth-order valence-corrected chi connectivity index (χ4v) is 1.09. The van der Waals surface area contributed by atoms with Crippen LogP contribution in [0.4, 0.5) is 8.78 Å². The molecular weight excluding hydrogens is 259 g/mol. The Morgan fingerprint density at radius 2 is 1.94 bits per heavy atom. The zero-order chi connectivity index (χ0) is 12.1. The molecular formula is C10H8F2KNO3. The van der Waals surface area contributed by atoms with Gasteiger partial charge in [-0.25, -0.2) is 8.78 Å². The van der Waals surface area contributed by atoms with Crippen LogP contribution < -0.4 is 61.4 Å². The van der Waals surface area contributed by atoms with Gasteiger partial charge in [-0.15, -0.1) is 0 Å². The van der Waals surface area contributed by atoms with E-state index in [1.165, 1.54) is 6.41 Å².